The fourth-order valence-electron chi connectivity index (χ4n) is 1.25. The van der Waals surface area contributed by atoms with Crippen LogP contribution in [0.3, 0.4) is 0 Å². The van der Waals surface area contributed by atoms with E-state index in [9.17, 15) is 0 Å². The number of aryl methyl sites for hydroxylation is 1. The molecule has 0 aliphatic carbocycles. The van der Waals surface area contributed by atoms with Gasteiger partial charge >= 0.3 is 0 Å². The smallest absolute Gasteiger partial charge is 0 e. The summed E-state index contributed by atoms with van der Waals surface area (Å²) in [5.41, 5.74) is 1.33. The third-order valence-electron chi connectivity index (χ3n) is 1.79. The first-order valence-corrected chi connectivity index (χ1v) is 3.48. The first-order valence-electron chi connectivity index (χ1n) is 3.48. The molecule has 0 saturated carbocycles. The summed E-state index contributed by atoms with van der Waals surface area (Å²) in [7, 11) is 0. The average molecular weight is 379 g/mol. The Bertz CT molecular complexity index is 354. The summed E-state index contributed by atoms with van der Waals surface area (Å²) in [6.45, 7) is 2.12. The molecule has 2 rings (SSSR count). The second-order valence-corrected chi connectivity index (χ2v) is 2.66. The summed E-state index contributed by atoms with van der Waals surface area (Å²) in [4.78, 5) is 0. The number of benzene rings is 1. The summed E-state index contributed by atoms with van der Waals surface area (Å²) in [6, 6.07) is 12.9. The summed E-state index contributed by atoms with van der Waals surface area (Å²) >= 11 is 0. The average Bonchev–Trinajstić information content (AvgIpc) is 2.33. The molecule has 0 heterocycles. The molecular weight excluding hydrogens is 370 g/mol. The summed E-state index contributed by atoms with van der Waals surface area (Å²) in [5.74, 6) is 0. The van der Waals surface area contributed by atoms with Crippen molar-refractivity contribution in [3.8, 4) is 0 Å². The standard InChI is InChI=1S/C10H9.2ClH.Hf/c1-8-5-6-9-3-2-4-10(9)7-8;;;/h2-7H,1H3;2*1H;/q-1;;;/p-2. The van der Waals surface area contributed by atoms with E-state index in [0.717, 1.165) is 0 Å². The van der Waals surface area contributed by atoms with Crippen molar-refractivity contribution in [1.82, 2.24) is 0 Å². The van der Waals surface area contributed by atoms with E-state index in [0.29, 0.717) is 0 Å². The first-order chi connectivity index (χ1) is 4.86. The molecule has 3 heteroatoms. The predicted octanol–water partition coefficient (Wildman–Crippen LogP) is -3.13. The van der Waals surface area contributed by atoms with E-state index in [2.05, 4.69) is 43.3 Å². The molecule has 0 nitrogen and oxygen atoms in total. The molecule has 0 amide bonds. The molecule has 70 valence electrons. The number of hydrogen-bond donors (Lipinski definition) is 0. The molecule has 0 N–H and O–H groups in total. The SMILES string of the molecule is Cc1ccc2[cH-]ccc2c1.[Cl-].[Cl-].[Hf]. The topological polar surface area (TPSA) is 0 Å². The van der Waals surface area contributed by atoms with E-state index in [1.54, 1.807) is 0 Å². The molecule has 2 aromatic carbocycles. The van der Waals surface area contributed by atoms with E-state index in [1.165, 1.54) is 16.3 Å². The van der Waals surface area contributed by atoms with Crippen molar-refractivity contribution in [2.45, 2.75) is 6.92 Å². The molecule has 0 atom stereocenters. The second kappa shape index (κ2) is 6.69. The van der Waals surface area contributed by atoms with Gasteiger partial charge in [-0.15, -0.1) is 29.7 Å². The summed E-state index contributed by atoms with van der Waals surface area (Å²) < 4.78 is 0. The maximum absolute atomic E-state index is 2.20. The van der Waals surface area contributed by atoms with Gasteiger partial charge in [0.1, 0.15) is 0 Å². The van der Waals surface area contributed by atoms with Gasteiger partial charge in [-0.2, -0.15) is 17.5 Å². The Morgan fingerprint density at radius 1 is 1.08 bits per heavy atom. The Morgan fingerprint density at radius 2 is 1.77 bits per heavy atom. The zero-order valence-corrected chi connectivity index (χ0v) is 12.3. The molecule has 0 bridgehead atoms. The maximum atomic E-state index is 2.20. The molecule has 0 radical (unpaired) electrons. The molecule has 2 aromatic rings. The van der Waals surface area contributed by atoms with Gasteiger partial charge in [0.15, 0.2) is 0 Å². The zero-order chi connectivity index (χ0) is 6.97. The van der Waals surface area contributed by atoms with Crippen LogP contribution in [0.2, 0.25) is 0 Å². The van der Waals surface area contributed by atoms with Crippen LogP contribution >= 0.6 is 0 Å². The van der Waals surface area contributed by atoms with Crippen LogP contribution in [-0.4, -0.2) is 0 Å². The van der Waals surface area contributed by atoms with Crippen LogP contribution in [-0.2, 0) is 25.8 Å². The third-order valence-corrected chi connectivity index (χ3v) is 1.79. The molecule has 0 aromatic heterocycles. The summed E-state index contributed by atoms with van der Waals surface area (Å²) in [5, 5.41) is 2.69. The van der Waals surface area contributed by atoms with Crippen molar-refractivity contribution in [3.05, 3.63) is 42.0 Å². The van der Waals surface area contributed by atoms with Gasteiger partial charge in [0.2, 0.25) is 0 Å². The van der Waals surface area contributed by atoms with E-state index >= 15 is 0 Å². The Balaban J connectivity index is 0. The van der Waals surface area contributed by atoms with Crippen molar-refractivity contribution < 1.29 is 50.7 Å². The van der Waals surface area contributed by atoms with Crippen molar-refractivity contribution in [1.29, 1.82) is 0 Å². The van der Waals surface area contributed by atoms with Gasteiger partial charge in [0.05, 0.1) is 0 Å². The molecule has 0 fully saturated rings. The van der Waals surface area contributed by atoms with Gasteiger partial charge < -0.3 is 24.8 Å². The second-order valence-electron chi connectivity index (χ2n) is 2.66. The van der Waals surface area contributed by atoms with Crippen molar-refractivity contribution >= 4 is 10.8 Å². The minimum Gasteiger partial charge on any atom is -1.00 e. The van der Waals surface area contributed by atoms with Crippen LogP contribution in [0.25, 0.3) is 10.8 Å². The Labute approximate surface area is 110 Å². The minimum atomic E-state index is 0. The van der Waals surface area contributed by atoms with Gasteiger partial charge in [-0.25, -0.2) is 0 Å². The van der Waals surface area contributed by atoms with Crippen molar-refractivity contribution in [3.63, 3.8) is 0 Å². The third kappa shape index (κ3) is 3.49. The van der Waals surface area contributed by atoms with Gasteiger partial charge in [0.25, 0.3) is 0 Å². The molecule has 13 heavy (non-hydrogen) atoms. The molecular formula is C10H9Cl2Hf-3. The monoisotopic (exact) mass is 379 g/mol. The van der Waals surface area contributed by atoms with Crippen LogP contribution < -0.4 is 24.8 Å². The van der Waals surface area contributed by atoms with Gasteiger partial charge in [-0.1, -0.05) is 5.56 Å². The first kappa shape index (κ1) is 15.7. The Hall–Kier alpha value is 0.280. The fourth-order valence-corrected chi connectivity index (χ4v) is 1.25. The molecule has 0 spiro atoms. The van der Waals surface area contributed by atoms with E-state index in [4.69, 9.17) is 0 Å². The zero-order valence-electron chi connectivity index (χ0n) is 7.22. The normalized spacial score (nSPS) is 8.08. The quantitative estimate of drug-likeness (QED) is 0.336. The van der Waals surface area contributed by atoms with E-state index < -0.39 is 0 Å². The number of hydrogen-bond acceptors (Lipinski definition) is 0. The van der Waals surface area contributed by atoms with E-state index in [1.807, 2.05) is 0 Å². The minimum absolute atomic E-state index is 0. The largest absolute Gasteiger partial charge is 1.00 e. The molecule has 0 aliphatic heterocycles. The van der Waals surface area contributed by atoms with Crippen LogP contribution in [0.5, 0.6) is 0 Å². The van der Waals surface area contributed by atoms with Gasteiger partial charge in [0, 0.05) is 25.8 Å². The van der Waals surface area contributed by atoms with Crippen LogP contribution in [0.1, 0.15) is 5.56 Å². The predicted molar refractivity (Wildman–Crippen MR) is 44.3 cm³/mol. The molecule has 0 saturated heterocycles. The van der Waals surface area contributed by atoms with Crippen molar-refractivity contribution in [2.24, 2.45) is 0 Å². The maximum Gasteiger partial charge on any atom is 0 e. The van der Waals surface area contributed by atoms with Crippen molar-refractivity contribution in [2.75, 3.05) is 0 Å². The number of halogens is 2. The van der Waals surface area contributed by atoms with Gasteiger partial charge in [-0.05, 0) is 6.92 Å². The molecule has 0 aliphatic rings. The van der Waals surface area contributed by atoms with Gasteiger partial charge in [-0.3, -0.25) is 0 Å². The summed E-state index contributed by atoms with van der Waals surface area (Å²) in [6.07, 6.45) is 0. The Kier molecular flexibility index (Phi) is 8.10. The molecule has 0 unspecified atom stereocenters. The number of fused-ring (bicyclic) bond motifs is 1. The number of rotatable bonds is 0. The Morgan fingerprint density at radius 3 is 2.46 bits per heavy atom. The van der Waals surface area contributed by atoms with E-state index in [-0.39, 0.29) is 50.7 Å². The van der Waals surface area contributed by atoms with Crippen LogP contribution in [0.15, 0.2) is 36.4 Å². The fraction of sp³-hybridized carbons (Fsp3) is 0.100. The van der Waals surface area contributed by atoms with Crippen LogP contribution in [0, 0.1) is 6.92 Å². The van der Waals surface area contributed by atoms with Crippen LogP contribution in [0.4, 0.5) is 0 Å².